The van der Waals surface area contributed by atoms with Gasteiger partial charge >= 0.3 is 0 Å². The molecule has 0 radical (unpaired) electrons. The molecule has 1 N–H and O–H groups in total. The molecule has 0 bridgehead atoms. The van der Waals surface area contributed by atoms with Crippen LogP contribution in [-0.4, -0.2) is 53.7 Å². The summed E-state index contributed by atoms with van der Waals surface area (Å²) in [5, 5.41) is 18.7. The molecule has 0 unspecified atom stereocenters. The summed E-state index contributed by atoms with van der Waals surface area (Å²) in [6, 6.07) is 23.5. The number of nitrogens with zero attached hydrogens (tertiary/aromatic N) is 6. The normalized spacial score (nSPS) is 11.7. The lowest BCUT2D eigenvalue weighted by atomic mass is 10.1. The summed E-state index contributed by atoms with van der Waals surface area (Å²) in [5.74, 6) is 0. The Morgan fingerprint density at radius 3 is 2.37 bits per heavy atom. The fourth-order valence-electron chi connectivity index (χ4n) is 3.50. The van der Waals surface area contributed by atoms with Crippen LogP contribution in [0.3, 0.4) is 0 Å². The highest BCUT2D eigenvalue weighted by Crippen LogP contribution is 2.36. The van der Waals surface area contributed by atoms with Crippen molar-refractivity contribution in [1.29, 1.82) is 0 Å². The zero-order valence-corrected chi connectivity index (χ0v) is 22.7. The molecule has 0 aliphatic carbocycles. The molecule has 3 aromatic carbocycles. The summed E-state index contributed by atoms with van der Waals surface area (Å²) in [6.45, 7) is 0. The first kappa shape index (κ1) is 25.6. The predicted octanol–water partition coefficient (Wildman–Crippen LogP) is 5.73. The second-order valence-corrected chi connectivity index (χ2v) is 11.4. The van der Waals surface area contributed by atoms with Gasteiger partial charge in [-0.1, -0.05) is 53.3 Å². The summed E-state index contributed by atoms with van der Waals surface area (Å²) in [5.41, 5.74) is 3.98. The van der Waals surface area contributed by atoms with Gasteiger partial charge in [0.1, 0.15) is 12.0 Å². The molecule has 192 valence electrons. The second kappa shape index (κ2) is 10.7. The highest BCUT2D eigenvalue weighted by molar-refractivity contribution is 7.90. The summed E-state index contributed by atoms with van der Waals surface area (Å²) in [7, 11) is -0.392. The Balaban J connectivity index is 1.49. The standard InChI is InChI=1S/C26H22ClN7O2S2/c1-33(2)17-28-38(35,36)22-14-12-21(13-15-22)34-16-23(24(32-34)18-6-4-3-5-7-18)25-30-31-26(37-25)29-20-10-8-19(27)9-11-20/h3-17H,1-2H3,(H,29,31). The molecule has 0 amide bonds. The zero-order chi connectivity index (χ0) is 26.7. The lowest BCUT2D eigenvalue weighted by molar-refractivity contribution is 0.594. The van der Waals surface area contributed by atoms with E-state index >= 15 is 0 Å². The fourth-order valence-corrected chi connectivity index (χ4v) is 5.31. The van der Waals surface area contributed by atoms with Crippen LogP contribution in [0.4, 0.5) is 10.8 Å². The van der Waals surface area contributed by atoms with Crippen molar-refractivity contribution in [2.75, 3.05) is 19.4 Å². The van der Waals surface area contributed by atoms with E-state index < -0.39 is 10.0 Å². The van der Waals surface area contributed by atoms with Gasteiger partial charge in [-0.05, 0) is 48.5 Å². The predicted molar refractivity (Wildman–Crippen MR) is 152 cm³/mol. The molecule has 5 aromatic rings. The Morgan fingerprint density at radius 1 is 0.974 bits per heavy atom. The van der Waals surface area contributed by atoms with E-state index in [-0.39, 0.29) is 4.90 Å². The number of sulfonamides is 1. The number of rotatable bonds is 8. The van der Waals surface area contributed by atoms with Crippen molar-refractivity contribution in [2.45, 2.75) is 4.90 Å². The van der Waals surface area contributed by atoms with Gasteiger partial charge < -0.3 is 10.2 Å². The lowest BCUT2D eigenvalue weighted by Gasteiger charge is -2.05. The average Bonchev–Trinajstić information content (AvgIpc) is 3.57. The molecule has 9 nitrogen and oxygen atoms in total. The Kier molecular flexibility index (Phi) is 7.23. The smallest absolute Gasteiger partial charge is 0.283 e. The number of benzene rings is 3. The number of anilines is 2. The van der Waals surface area contributed by atoms with Crippen LogP contribution in [0.15, 0.2) is 94.4 Å². The van der Waals surface area contributed by atoms with E-state index in [1.54, 1.807) is 47.9 Å². The molecule has 0 saturated carbocycles. The van der Waals surface area contributed by atoms with Gasteiger partial charge in [0, 0.05) is 36.6 Å². The van der Waals surface area contributed by atoms with Crippen LogP contribution in [0.1, 0.15) is 0 Å². The maximum atomic E-state index is 12.5. The average molecular weight is 564 g/mol. The van der Waals surface area contributed by atoms with Crippen molar-refractivity contribution in [3.63, 3.8) is 0 Å². The van der Waals surface area contributed by atoms with Crippen LogP contribution in [0.25, 0.3) is 27.5 Å². The molecule has 0 aliphatic heterocycles. The van der Waals surface area contributed by atoms with Gasteiger partial charge in [0.15, 0.2) is 5.01 Å². The molecular formula is C26H22ClN7O2S2. The van der Waals surface area contributed by atoms with E-state index in [1.165, 1.54) is 29.8 Å². The van der Waals surface area contributed by atoms with Crippen molar-refractivity contribution in [3.05, 3.63) is 90.1 Å². The Labute approximate surface area is 229 Å². The van der Waals surface area contributed by atoms with E-state index in [2.05, 4.69) is 19.9 Å². The van der Waals surface area contributed by atoms with E-state index in [1.807, 2.05) is 48.7 Å². The van der Waals surface area contributed by atoms with Gasteiger partial charge in [0.2, 0.25) is 5.13 Å². The molecule has 5 rings (SSSR count). The first-order chi connectivity index (χ1) is 18.3. The second-order valence-electron chi connectivity index (χ2n) is 8.40. The highest BCUT2D eigenvalue weighted by Gasteiger charge is 2.19. The molecule has 0 aliphatic rings. The van der Waals surface area contributed by atoms with Gasteiger partial charge in [0.05, 0.1) is 16.1 Å². The maximum Gasteiger partial charge on any atom is 0.283 e. The molecule has 0 saturated heterocycles. The molecule has 0 spiro atoms. The van der Waals surface area contributed by atoms with Gasteiger partial charge in [0.25, 0.3) is 10.0 Å². The first-order valence-corrected chi connectivity index (χ1v) is 14.0. The van der Waals surface area contributed by atoms with Gasteiger partial charge in [-0.3, -0.25) is 0 Å². The lowest BCUT2D eigenvalue weighted by Crippen LogP contribution is -2.10. The quantitative estimate of drug-likeness (QED) is 0.190. The van der Waals surface area contributed by atoms with E-state index in [9.17, 15) is 8.42 Å². The third-order valence-corrected chi connectivity index (χ3v) is 7.69. The molecule has 12 heteroatoms. The number of hydrogen-bond donors (Lipinski definition) is 1. The van der Waals surface area contributed by atoms with Crippen LogP contribution in [0.5, 0.6) is 0 Å². The topological polar surface area (TPSA) is 105 Å². The molecular weight excluding hydrogens is 542 g/mol. The third kappa shape index (κ3) is 5.75. The van der Waals surface area contributed by atoms with Crippen LogP contribution < -0.4 is 5.32 Å². The number of hydrogen-bond acceptors (Lipinski definition) is 7. The summed E-state index contributed by atoms with van der Waals surface area (Å²) in [4.78, 5) is 1.66. The Morgan fingerprint density at radius 2 is 1.68 bits per heavy atom. The van der Waals surface area contributed by atoms with E-state index in [0.717, 1.165) is 22.5 Å². The first-order valence-electron chi connectivity index (χ1n) is 11.4. The summed E-state index contributed by atoms with van der Waals surface area (Å²) < 4.78 is 30.4. The molecule has 38 heavy (non-hydrogen) atoms. The van der Waals surface area contributed by atoms with E-state index in [4.69, 9.17) is 16.7 Å². The third-order valence-electron chi connectivity index (χ3n) is 5.33. The maximum absolute atomic E-state index is 12.5. The molecule has 0 fully saturated rings. The molecule has 2 heterocycles. The van der Waals surface area contributed by atoms with Crippen molar-refractivity contribution in [1.82, 2.24) is 24.9 Å². The Bertz CT molecular complexity index is 1680. The largest absolute Gasteiger partial charge is 0.368 e. The summed E-state index contributed by atoms with van der Waals surface area (Å²) in [6.07, 6.45) is 3.12. The fraction of sp³-hybridized carbons (Fsp3) is 0.0769. The van der Waals surface area contributed by atoms with Gasteiger partial charge in [-0.25, -0.2) is 4.68 Å². The SMILES string of the molecule is CN(C)C=NS(=O)(=O)c1ccc(-n2cc(-c3nnc(Nc4ccc(Cl)cc4)s3)c(-c3ccccc3)n2)cc1. The van der Waals surface area contributed by atoms with Crippen LogP contribution in [-0.2, 0) is 10.0 Å². The van der Waals surface area contributed by atoms with Gasteiger partial charge in [-0.15, -0.1) is 14.6 Å². The summed E-state index contributed by atoms with van der Waals surface area (Å²) >= 11 is 7.38. The minimum atomic E-state index is -3.80. The van der Waals surface area contributed by atoms with Crippen LogP contribution >= 0.6 is 22.9 Å². The van der Waals surface area contributed by atoms with Crippen LogP contribution in [0, 0.1) is 0 Å². The van der Waals surface area contributed by atoms with Crippen molar-refractivity contribution >= 4 is 50.1 Å². The monoisotopic (exact) mass is 563 g/mol. The number of nitrogens with one attached hydrogen (secondary N) is 1. The minimum absolute atomic E-state index is 0.0945. The molecule has 2 aromatic heterocycles. The minimum Gasteiger partial charge on any atom is -0.368 e. The van der Waals surface area contributed by atoms with Crippen molar-refractivity contribution < 1.29 is 8.42 Å². The van der Waals surface area contributed by atoms with E-state index in [0.29, 0.717) is 20.8 Å². The van der Waals surface area contributed by atoms with Gasteiger partial charge in [-0.2, -0.15) is 13.5 Å². The van der Waals surface area contributed by atoms with Crippen molar-refractivity contribution in [2.24, 2.45) is 4.40 Å². The Hall–Kier alpha value is -4.06. The molecule has 0 atom stereocenters. The number of aromatic nitrogens is 4. The highest BCUT2D eigenvalue weighted by atomic mass is 35.5. The number of halogens is 1. The van der Waals surface area contributed by atoms with Crippen molar-refractivity contribution in [3.8, 4) is 27.5 Å². The van der Waals surface area contributed by atoms with Crippen LogP contribution in [0.2, 0.25) is 5.02 Å². The zero-order valence-electron chi connectivity index (χ0n) is 20.4.